The van der Waals surface area contributed by atoms with Crippen LogP contribution in [0, 0.1) is 0 Å². The van der Waals surface area contributed by atoms with Crippen LogP contribution in [0.15, 0.2) is 28.8 Å². The molecule has 0 saturated heterocycles. The van der Waals surface area contributed by atoms with E-state index >= 15 is 0 Å². The smallest absolute Gasteiger partial charge is 0.406 e. The number of hydrogen-bond donors (Lipinski definition) is 1. The molecule has 0 fully saturated rings. The van der Waals surface area contributed by atoms with E-state index in [0.29, 0.717) is 23.9 Å². The Morgan fingerprint density at radius 3 is 2.43 bits per heavy atom. The molecule has 2 aromatic rings. The molecule has 21 heavy (non-hydrogen) atoms. The van der Waals surface area contributed by atoms with Crippen LogP contribution in [0.3, 0.4) is 0 Å². The minimum absolute atomic E-state index is 0.168. The van der Waals surface area contributed by atoms with E-state index in [0.717, 1.165) is 0 Å². The van der Waals surface area contributed by atoms with Gasteiger partial charge in [-0.3, -0.25) is 0 Å². The fraction of sp³-hybridized carbons (Fsp3) is 0.385. The molecule has 0 radical (unpaired) electrons. The lowest BCUT2D eigenvalue weighted by Gasteiger charge is -2.09. The summed E-state index contributed by atoms with van der Waals surface area (Å²) in [6.07, 6.45) is -4.69. The molecule has 0 aliphatic carbocycles. The molecule has 1 aromatic carbocycles. The monoisotopic (exact) mass is 301 g/mol. The number of rotatable bonds is 5. The molecule has 0 spiro atoms. The lowest BCUT2D eigenvalue weighted by Crippen LogP contribution is -2.17. The first kappa shape index (κ1) is 15.1. The summed E-state index contributed by atoms with van der Waals surface area (Å²) in [4.78, 5) is 4.18. The predicted octanol–water partition coefficient (Wildman–Crippen LogP) is 3.70. The van der Waals surface area contributed by atoms with Gasteiger partial charge in [-0.25, -0.2) is 0 Å². The highest BCUT2D eigenvalue weighted by molar-refractivity contribution is 5.46. The molecule has 5 nitrogen and oxygen atoms in total. The molecule has 0 amide bonds. The Labute approximate surface area is 119 Å². The average molecular weight is 301 g/mol. The van der Waals surface area contributed by atoms with Gasteiger partial charge in [-0.2, -0.15) is 4.98 Å². The summed E-state index contributed by atoms with van der Waals surface area (Å²) in [5.74, 6) is 0.921. The molecule has 8 heteroatoms. The number of halogens is 3. The van der Waals surface area contributed by atoms with Crippen molar-refractivity contribution >= 4 is 5.69 Å². The fourth-order valence-electron chi connectivity index (χ4n) is 1.53. The quantitative estimate of drug-likeness (QED) is 0.912. The van der Waals surface area contributed by atoms with E-state index < -0.39 is 6.36 Å². The van der Waals surface area contributed by atoms with Crippen LogP contribution in [-0.4, -0.2) is 16.5 Å². The van der Waals surface area contributed by atoms with Gasteiger partial charge in [0.15, 0.2) is 5.82 Å². The number of hydrogen-bond acceptors (Lipinski definition) is 5. The Bertz CT molecular complexity index is 579. The summed E-state index contributed by atoms with van der Waals surface area (Å²) in [5.41, 5.74) is 0.619. The molecule has 0 bridgehead atoms. The number of ether oxygens (including phenoxy) is 1. The number of nitrogens with zero attached hydrogens (tertiary/aromatic N) is 2. The van der Waals surface area contributed by atoms with E-state index in [2.05, 4.69) is 20.2 Å². The van der Waals surface area contributed by atoms with E-state index in [1.807, 2.05) is 13.8 Å². The highest BCUT2D eigenvalue weighted by atomic mass is 19.4. The Balaban J connectivity index is 1.91. The van der Waals surface area contributed by atoms with E-state index in [9.17, 15) is 13.2 Å². The van der Waals surface area contributed by atoms with Crippen molar-refractivity contribution in [1.29, 1.82) is 0 Å². The largest absolute Gasteiger partial charge is 0.573 e. The molecule has 1 N–H and O–H groups in total. The number of aromatic nitrogens is 2. The molecule has 1 aromatic heterocycles. The molecular formula is C13H14F3N3O2. The molecule has 0 saturated carbocycles. The Morgan fingerprint density at radius 1 is 1.24 bits per heavy atom. The van der Waals surface area contributed by atoms with E-state index in [1.54, 1.807) is 0 Å². The van der Waals surface area contributed by atoms with Gasteiger partial charge < -0.3 is 14.6 Å². The van der Waals surface area contributed by atoms with Gasteiger partial charge in [0.05, 0.1) is 6.54 Å². The van der Waals surface area contributed by atoms with Crippen LogP contribution >= 0.6 is 0 Å². The molecule has 114 valence electrons. The highest BCUT2D eigenvalue weighted by Gasteiger charge is 2.30. The van der Waals surface area contributed by atoms with Gasteiger partial charge in [0.25, 0.3) is 0 Å². The Morgan fingerprint density at radius 2 is 1.90 bits per heavy atom. The van der Waals surface area contributed by atoms with Crippen LogP contribution in [0.1, 0.15) is 31.5 Å². The van der Waals surface area contributed by atoms with E-state index in [1.165, 1.54) is 24.3 Å². The number of nitrogens with one attached hydrogen (secondary N) is 1. The van der Waals surface area contributed by atoms with Crippen molar-refractivity contribution in [2.45, 2.75) is 32.7 Å². The predicted molar refractivity (Wildman–Crippen MR) is 68.8 cm³/mol. The summed E-state index contributed by atoms with van der Waals surface area (Å²) >= 11 is 0. The maximum Gasteiger partial charge on any atom is 0.573 e. The highest BCUT2D eigenvalue weighted by Crippen LogP contribution is 2.24. The number of benzene rings is 1. The summed E-state index contributed by atoms with van der Waals surface area (Å²) in [6, 6.07) is 5.40. The summed E-state index contributed by atoms with van der Waals surface area (Å²) in [7, 11) is 0. The lowest BCUT2D eigenvalue weighted by molar-refractivity contribution is -0.274. The standard InChI is InChI=1S/C13H14F3N3O2/c1-8(2)12-18-11(21-19-12)7-17-9-3-5-10(6-4-9)20-13(14,15)16/h3-6,8,17H,7H2,1-2H3. The maximum atomic E-state index is 12.0. The SMILES string of the molecule is CC(C)c1noc(CNc2ccc(OC(F)(F)F)cc2)n1. The van der Waals surface area contributed by atoms with Crippen LogP contribution in [0.2, 0.25) is 0 Å². The van der Waals surface area contributed by atoms with Gasteiger partial charge in [-0.1, -0.05) is 19.0 Å². The Hall–Kier alpha value is -2.25. The molecule has 1 heterocycles. The first-order valence-corrected chi connectivity index (χ1v) is 6.25. The number of alkyl halides is 3. The number of anilines is 1. The zero-order valence-corrected chi connectivity index (χ0v) is 11.4. The van der Waals surface area contributed by atoms with Gasteiger partial charge in [0, 0.05) is 11.6 Å². The van der Waals surface area contributed by atoms with Crippen molar-refractivity contribution < 1.29 is 22.4 Å². The zero-order valence-electron chi connectivity index (χ0n) is 11.4. The normalized spacial score (nSPS) is 11.7. The van der Waals surface area contributed by atoms with E-state index in [-0.39, 0.29) is 11.7 Å². The third-order valence-corrected chi connectivity index (χ3v) is 2.53. The second-order valence-corrected chi connectivity index (χ2v) is 4.63. The topological polar surface area (TPSA) is 60.2 Å². The molecule has 0 aliphatic rings. The van der Waals surface area contributed by atoms with Crippen molar-refractivity contribution in [1.82, 2.24) is 10.1 Å². The van der Waals surface area contributed by atoms with Crippen LogP contribution in [0.25, 0.3) is 0 Å². The Kier molecular flexibility index (Phi) is 4.35. The van der Waals surface area contributed by atoms with Crippen molar-refractivity contribution in [3.63, 3.8) is 0 Å². The van der Waals surface area contributed by atoms with Crippen LogP contribution < -0.4 is 10.1 Å². The molecule has 2 rings (SSSR count). The fourth-order valence-corrected chi connectivity index (χ4v) is 1.53. The summed E-state index contributed by atoms with van der Waals surface area (Å²) in [6.45, 7) is 4.18. The average Bonchev–Trinajstić information content (AvgIpc) is 2.85. The summed E-state index contributed by atoms with van der Waals surface area (Å²) in [5, 5.41) is 6.78. The molecule has 0 unspecified atom stereocenters. The van der Waals surface area contributed by atoms with Gasteiger partial charge in [0.2, 0.25) is 5.89 Å². The zero-order chi connectivity index (χ0) is 15.5. The minimum atomic E-state index is -4.69. The van der Waals surface area contributed by atoms with Gasteiger partial charge >= 0.3 is 6.36 Å². The van der Waals surface area contributed by atoms with E-state index in [4.69, 9.17) is 4.52 Å². The second kappa shape index (κ2) is 6.02. The third kappa shape index (κ3) is 4.66. The van der Waals surface area contributed by atoms with Gasteiger partial charge in [-0.05, 0) is 24.3 Å². The summed E-state index contributed by atoms with van der Waals surface area (Å²) < 4.78 is 44.9. The molecular weight excluding hydrogens is 287 g/mol. The van der Waals surface area contributed by atoms with Gasteiger partial charge in [0.1, 0.15) is 5.75 Å². The second-order valence-electron chi connectivity index (χ2n) is 4.63. The maximum absolute atomic E-state index is 12.0. The first-order chi connectivity index (χ1) is 9.83. The molecule has 0 aliphatic heterocycles. The lowest BCUT2D eigenvalue weighted by atomic mass is 10.2. The van der Waals surface area contributed by atoms with Crippen LogP contribution in [-0.2, 0) is 6.54 Å². The van der Waals surface area contributed by atoms with Crippen molar-refractivity contribution in [2.24, 2.45) is 0 Å². The van der Waals surface area contributed by atoms with Crippen molar-refractivity contribution in [3.05, 3.63) is 36.0 Å². The molecule has 0 atom stereocenters. The van der Waals surface area contributed by atoms with Crippen LogP contribution in [0.5, 0.6) is 5.75 Å². The minimum Gasteiger partial charge on any atom is -0.406 e. The van der Waals surface area contributed by atoms with Crippen LogP contribution in [0.4, 0.5) is 18.9 Å². The first-order valence-electron chi connectivity index (χ1n) is 6.25. The van der Waals surface area contributed by atoms with Gasteiger partial charge in [-0.15, -0.1) is 13.2 Å². The third-order valence-electron chi connectivity index (χ3n) is 2.53. The van der Waals surface area contributed by atoms with Crippen molar-refractivity contribution in [2.75, 3.05) is 5.32 Å². The van der Waals surface area contributed by atoms with Crippen molar-refractivity contribution in [3.8, 4) is 5.75 Å².